The fraction of sp³-hybridized carbons (Fsp3) is 0.632. The fourth-order valence-corrected chi connectivity index (χ4v) is 3.33. The fourth-order valence-electron chi connectivity index (χ4n) is 3.33. The van der Waals surface area contributed by atoms with Crippen molar-refractivity contribution >= 4 is 6.09 Å². The van der Waals surface area contributed by atoms with Crippen molar-refractivity contribution in [3.63, 3.8) is 0 Å². The van der Waals surface area contributed by atoms with Crippen LogP contribution in [0.15, 0.2) is 18.2 Å². The third-order valence-electron chi connectivity index (χ3n) is 4.33. The number of ether oxygens (including phenoxy) is 1. The maximum atomic E-state index is 14.5. The summed E-state index contributed by atoms with van der Waals surface area (Å²) in [6.07, 6.45) is -6.32. The minimum Gasteiger partial charge on any atom is -0.444 e. The number of amides is 1. The number of piperidine rings is 1. The molecule has 1 saturated heterocycles. The van der Waals surface area contributed by atoms with Crippen molar-refractivity contribution in [2.24, 2.45) is 5.41 Å². The first kappa shape index (κ1) is 21.5. The van der Waals surface area contributed by atoms with Crippen LogP contribution < -0.4 is 0 Å². The molecule has 8 heteroatoms. The van der Waals surface area contributed by atoms with Gasteiger partial charge in [0.15, 0.2) is 0 Å². The van der Waals surface area contributed by atoms with Gasteiger partial charge in [-0.1, -0.05) is 19.9 Å². The normalized spacial score (nSPS) is 23.3. The lowest BCUT2D eigenvalue weighted by Crippen LogP contribution is -2.53. The van der Waals surface area contributed by atoms with Crippen molar-refractivity contribution < 1.29 is 32.2 Å². The van der Waals surface area contributed by atoms with Crippen molar-refractivity contribution in [3.8, 4) is 0 Å². The van der Waals surface area contributed by atoms with Crippen LogP contribution in [0.2, 0.25) is 0 Å². The van der Waals surface area contributed by atoms with Crippen LogP contribution in [-0.4, -0.2) is 34.3 Å². The summed E-state index contributed by atoms with van der Waals surface area (Å²) in [5.41, 5.74) is -2.57. The van der Waals surface area contributed by atoms with E-state index in [2.05, 4.69) is 0 Å². The molecule has 1 aromatic rings. The molecule has 1 fully saturated rings. The summed E-state index contributed by atoms with van der Waals surface area (Å²) in [6.45, 7) is 8.86. The maximum absolute atomic E-state index is 14.5. The number of hydrogen-bond acceptors (Lipinski definition) is 3. The molecule has 1 N–H and O–H groups in total. The summed E-state index contributed by atoms with van der Waals surface area (Å²) in [4.78, 5) is 13.9. The summed E-state index contributed by atoms with van der Waals surface area (Å²) in [5, 5.41) is 10.6. The molecule has 152 valence electrons. The van der Waals surface area contributed by atoms with Crippen LogP contribution in [0.5, 0.6) is 0 Å². The first-order valence-corrected chi connectivity index (χ1v) is 8.65. The second-order valence-corrected chi connectivity index (χ2v) is 8.72. The number of benzene rings is 1. The van der Waals surface area contributed by atoms with Gasteiger partial charge in [0.05, 0.1) is 17.7 Å². The predicted octanol–water partition coefficient (Wildman–Crippen LogP) is 4.91. The van der Waals surface area contributed by atoms with Gasteiger partial charge in [0, 0.05) is 12.1 Å². The van der Waals surface area contributed by atoms with E-state index in [1.54, 1.807) is 20.8 Å². The summed E-state index contributed by atoms with van der Waals surface area (Å²) >= 11 is 0. The molecule has 1 amide bonds. The molecule has 1 aromatic carbocycles. The number of alkyl halides is 3. The van der Waals surface area contributed by atoms with E-state index in [1.165, 1.54) is 4.90 Å². The molecule has 0 aliphatic carbocycles. The smallest absolute Gasteiger partial charge is 0.416 e. The van der Waals surface area contributed by atoms with Crippen LogP contribution in [-0.2, 0) is 10.9 Å². The zero-order valence-electron chi connectivity index (χ0n) is 16.0. The second kappa shape index (κ2) is 6.96. The summed E-state index contributed by atoms with van der Waals surface area (Å²) in [6, 6.07) is 0.977. The molecule has 1 heterocycles. The lowest BCUT2D eigenvalue weighted by Gasteiger charge is -2.46. The lowest BCUT2D eigenvalue weighted by atomic mass is 9.78. The third kappa shape index (κ3) is 5.12. The first-order valence-electron chi connectivity index (χ1n) is 8.65. The van der Waals surface area contributed by atoms with Gasteiger partial charge in [0.2, 0.25) is 0 Å². The summed E-state index contributed by atoms with van der Waals surface area (Å²) in [7, 11) is 0. The number of carbonyl (C=O) groups is 1. The highest BCUT2D eigenvalue weighted by Gasteiger charge is 2.45. The van der Waals surface area contributed by atoms with Gasteiger partial charge < -0.3 is 9.84 Å². The Labute approximate surface area is 156 Å². The van der Waals surface area contributed by atoms with Crippen LogP contribution in [0.3, 0.4) is 0 Å². The van der Waals surface area contributed by atoms with E-state index in [9.17, 15) is 27.5 Å². The van der Waals surface area contributed by atoms with E-state index in [0.29, 0.717) is 6.07 Å². The molecule has 0 saturated carbocycles. The van der Waals surface area contributed by atoms with E-state index in [-0.39, 0.29) is 18.5 Å². The van der Waals surface area contributed by atoms with Gasteiger partial charge in [0.25, 0.3) is 0 Å². The summed E-state index contributed by atoms with van der Waals surface area (Å²) in [5.74, 6) is -1.12. The van der Waals surface area contributed by atoms with Gasteiger partial charge in [0.1, 0.15) is 11.4 Å². The minimum atomic E-state index is -4.68. The monoisotopic (exact) mass is 391 g/mol. The van der Waals surface area contributed by atoms with Crippen molar-refractivity contribution in [2.75, 3.05) is 6.54 Å². The zero-order chi connectivity index (χ0) is 20.8. The standard InChI is InChI=1S/C19H25F4NO3/c1-17(2,3)27-16(26)24-10-18(4,5)9-14(25)15(24)12-7-6-11(8-13(12)20)19(21,22)23/h6-8,14-15,25H,9-10H2,1-5H3/t14-,15?/m0/s1. The Morgan fingerprint density at radius 3 is 2.33 bits per heavy atom. The zero-order valence-corrected chi connectivity index (χ0v) is 16.0. The van der Waals surface area contributed by atoms with Crippen LogP contribution in [0.1, 0.15) is 58.2 Å². The van der Waals surface area contributed by atoms with Crippen molar-refractivity contribution in [1.82, 2.24) is 4.90 Å². The quantitative estimate of drug-likeness (QED) is 0.692. The molecule has 0 spiro atoms. The summed E-state index contributed by atoms with van der Waals surface area (Å²) < 4.78 is 58.3. The first-order chi connectivity index (χ1) is 12.1. The van der Waals surface area contributed by atoms with Crippen LogP contribution in [0.4, 0.5) is 22.4 Å². The predicted molar refractivity (Wildman–Crippen MR) is 91.5 cm³/mol. The Kier molecular flexibility index (Phi) is 5.54. The van der Waals surface area contributed by atoms with E-state index in [0.717, 1.165) is 12.1 Å². The van der Waals surface area contributed by atoms with Gasteiger partial charge >= 0.3 is 12.3 Å². The molecule has 4 nitrogen and oxygen atoms in total. The SMILES string of the molecule is CC1(C)C[C@H](O)C(c2ccc(C(F)(F)F)cc2F)N(C(=O)OC(C)(C)C)C1. The number of hydrogen-bond donors (Lipinski definition) is 1. The third-order valence-corrected chi connectivity index (χ3v) is 4.33. The van der Waals surface area contributed by atoms with Crippen molar-refractivity contribution in [1.29, 1.82) is 0 Å². The highest BCUT2D eigenvalue weighted by atomic mass is 19.4. The molecule has 0 bridgehead atoms. The maximum Gasteiger partial charge on any atom is 0.416 e. The van der Waals surface area contributed by atoms with Gasteiger partial charge in [-0.2, -0.15) is 13.2 Å². The van der Waals surface area contributed by atoms with Gasteiger partial charge in [-0.25, -0.2) is 9.18 Å². The topological polar surface area (TPSA) is 49.8 Å². The number of nitrogens with zero attached hydrogens (tertiary/aromatic N) is 1. The molecule has 1 aliphatic rings. The molecule has 2 rings (SSSR count). The lowest BCUT2D eigenvalue weighted by molar-refractivity contribution is -0.137. The van der Waals surface area contributed by atoms with Crippen LogP contribution in [0, 0.1) is 11.2 Å². The van der Waals surface area contributed by atoms with Crippen LogP contribution >= 0.6 is 0 Å². The molecular weight excluding hydrogens is 366 g/mol. The van der Waals surface area contributed by atoms with E-state index in [1.807, 2.05) is 13.8 Å². The average molecular weight is 391 g/mol. The van der Waals surface area contributed by atoms with E-state index < -0.39 is 46.8 Å². The Bertz CT molecular complexity index is 710. The Morgan fingerprint density at radius 1 is 1.26 bits per heavy atom. The van der Waals surface area contributed by atoms with E-state index >= 15 is 0 Å². The number of carbonyl (C=O) groups excluding carboxylic acids is 1. The largest absolute Gasteiger partial charge is 0.444 e. The van der Waals surface area contributed by atoms with Crippen LogP contribution in [0.25, 0.3) is 0 Å². The second-order valence-electron chi connectivity index (χ2n) is 8.72. The number of aliphatic hydroxyl groups excluding tert-OH is 1. The molecule has 0 aromatic heterocycles. The molecule has 0 radical (unpaired) electrons. The highest BCUT2D eigenvalue weighted by molar-refractivity contribution is 5.69. The molecule has 1 aliphatic heterocycles. The average Bonchev–Trinajstić information content (AvgIpc) is 2.43. The number of rotatable bonds is 1. The van der Waals surface area contributed by atoms with Gasteiger partial charge in [-0.05, 0) is 44.7 Å². The van der Waals surface area contributed by atoms with Crippen molar-refractivity contribution in [2.45, 2.75) is 65.0 Å². The highest BCUT2D eigenvalue weighted by Crippen LogP contribution is 2.42. The van der Waals surface area contributed by atoms with Crippen molar-refractivity contribution in [3.05, 3.63) is 35.1 Å². The molecular formula is C19H25F4NO3. The van der Waals surface area contributed by atoms with Gasteiger partial charge in [-0.3, -0.25) is 4.90 Å². The minimum absolute atomic E-state index is 0.170. The number of halogens is 4. The Balaban J connectivity index is 2.45. The number of likely N-dealkylation sites (tertiary alicyclic amines) is 1. The van der Waals surface area contributed by atoms with E-state index in [4.69, 9.17) is 4.74 Å². The molecule has 27 heavy (non-hydrogen) atoms. The molecule has 2 atom stereocenters. The Morgan fingerprint density at radius 2 is 1.85 bits per heavy atom. The Hall–Kier alpha value is -1.83. The van der Waals surface area contributed by atoms with Gasteiger partial charge in [-0.15, -0.1) is 0 Å². The molecule has 1 unspecified atom stereocenters. The number of aliphatic hydroxyl groups is 1.